The van der Waals surface area contributed by atoms with Crippen LogP contribution < -0.4 is 4.31 Å². The summed E-state index contributed by atoms with van der Waals surface area (Å²) in [5.41, 5.74) is 8.78. The lowest BCUT2D eigenvalue weighted by atomic mass is 10.4. The lowest BCUT2D eigenvalue weighted by Crippen LogP contribution is -2.26. The molecule has 0 aromatic carbocycles. The molecule has 8 heteroatoms. The summed E-state index contributed by atoms with van der Waals surface area (Å²) in [5, 5.41) is 2.91. The van der Waals surface area contributed by atoms with Crippen LogP contribution in [-0.2, 0) is 16.6 Å². The van der Waals surface area contributed by atoms with E-state index in [2.05, 4.69) is 15.1 Å². The molecule has 0 radical (unpaired) electrons. The van der Waals surface area contributed by atoms with Gasteiger partial charge in [0, 0.05) is 13.2 Å². The molecule has 0 aliphatic rings. The highest BCUT2D eigenvalue weighted by atomic mass is 32.2. The van der Waals surface area contributed by atoms with Crippen LogP contribution in [0.2, 0.25) is 0 Å². The molecule has 1 heterocycles. The number of hydrogen-bond acceptors (Lipinski definition) is 5. The summed E-state index contributed by atoms with van der Waals surface area (Å²) in [5.74, 6) is 0.0543. The molecule has 1 rings (SSSR count). The molecule has 1 aromatic rings. The van der Waals surface area contributed by atoms with Gasteiger partial charge in [-0.15, -0.1) is 0 Å². The molecule has 0 bridgehead atoms. The van der Waals surface area contributed by atoms with E-state index in [1.807, 2.05) is 0 Å². The van der Waals surface area contributed by atoms with Crippen LogP contribution in [0.1, 0.15) is 5.69 Å². The number of sulfonamides is 1. The van der Waals surface area contributed by atoms with Crippen LogP contribution in [0, 0.1) is 0 Å². The SMILES string of the molecule is CN(c1nccc(CN=[N-])n1)S(C)(=O)=O. The van der Waals surface area contributed by atoms with Crippen molar-refractivity contribution in [2.24, 2.45) is 5.11 Å². The number of aromatic nitrogens is 2. The molecule has 0 spiro atoms. The minimum atomic E-state index is -3.37. The lowest BCUT2D eigenvalue weighted by molar-refractivity contribution is 0.599. The molecule has 0 fully saturated rings. The van der Waals surface area contributed by atoms with E-state index in [0.717, 1.165) is 10.6 Å². The number of rotatable bonds is 4. The molecule has 7 nitrogen and oxygen atoms in total. The quantitative estimate of drug-likeness (QED) is 0.696. The molecular weight excluding hydrogens is 218 g/mol. The first-order valence-electron chi connectivity index (χ1n) is 4.02. The largest absolute Gasteiger partial charge is 0.712 e. The Morgan fingerprint density at radius 1 is 1.60 bits per heavy atom. The van der Waals surface area contributed by atoms with E-state index in [9.17, 15) is 8.42 Å². The van der Waals surface area contributed by atoms with Crippen LogP contribution in [0.3, 0.4) is 0 Å². The van der Waals surface area contributed by atoms with Crippen LogP contribution in [0.25, 0.3) is 5.53 Å². The standard InChI is InChI=1S/C7H10N5O2S/c1-12(15(2,13)14)7-9-4-3-6(11-7)5-10-8/h3-4H,5H2,1-2H3/q-1. The van der Waals surface area contributed by atoms with Gasteiger partial charge >= 0.3 is 0 Å². The average Bonchev–Trinajstić information content (AvgIpc) is 2.16. The molecule has 0 atom stereocenters. The maximum atomic E-state index is 11.2. The third-order valence-corrected chi connectivity index (χ3v) is 2.87. The summed E-state index contributed by atoms with van der Waals surface area (Å²) >= 11 is 0. The van der Waals surface area contributed by atoms with Crippen molar-refractivity contribution in [3.63, 3.8) is 0 Å². The minimum absolute atomic E-state index is 0.00707. The average molecular weight is 228 g/mol. The van der Waals surface area contributed by atoms with Gasteiger partial charge in [-0.25, -0.2) is 22.7 Å². The van der Waals surface area contributed by atoms with Crippen molar-refractivity contribution in [1.82, 2.24) is 9.97 Å². The maximum Gasteiger partial charge on any atom is 0.239 e. The van der Waals surface area contributed by atoms with Crippen molar-refractivity contribution in [2.45, 2.75) is 6.54 Å². The van der Waals surface area contributed by atoms with E-state index in [4.69, 9.17) is 5.53 Å². The second kappa shape index (κ2) is 4.30. The molecule has 0 aliphatic carbocycles. The fourth-order valence-corrected chi connectivity index (χ4v) is 1.23. The Kier molecular flexibility index (Phi) is 3.30. The third kappa shape index (κ3) is 2.94. The van der Waals surface area contributed by atoms with Gasteiger partial charge in [-0.1, -0.05) is 0 Å². The molecule has 0 amide bonds. The normalized spacial score (nSPS) is 11.1. The fourth-order valence-electron chi connectivity index (χ4n) is 0.845. The first-order valence-corrected chi connectivity index (χ1v) is 5.86. The maximum absolute atomic E-state index is 11.2. The monoisotopic (exact) mass is 228 g/mol. The van der Waals surface area contributed by atoms with Gasteiger partial charge in [0.25, 0.3) is 0 Å². The van der Waals surface area contributed by atoms with Crippen molar-refractivity contribution in [3.05, 3.63) is 23.5 Å². The number of nitrogens with zero attached hydrogens (tertiary/aromatic N) is 5. The molecule has 0 N–H and O–H groups in total. The predicted molar refractivity (Wildman–Crippen MR) is 54.8 cm³/mol. The van der Waals surface area contributed by atoms with Crippen molar-refractivity contribution >= 4 is 16.0 Å². The van der Waals surface area contributed by atoms with E-state index >= 15 is 0 Å². The highest BCUT2D eigenvalue weighted by Gasteiger charge is 2.14. The Hall–Kier alpha value is -1.57. The Labute approximate surface area is 87.7 Å². The zero-order valence-corrected chi connectivity index (χ0v) is 9.14. The first kappa shape index (κ1) is 11.5. The molecule has 82 valence electrons. The molecular formula is C7H10N5O2S-. The van der Waals surface area contributed by atoms with Crippen LogP contribution in [0.4, 0.5) is 5.95 Å². The van der Waals surface area contributed by atoms with Gasteiger partial charge in [0.15, 0.2) is 0 Å². The molecule has 1 aromatic heterocycles. The Morgan fingerprint density at radius 3 is 2.80 bits per heavy atom. The van der Waals surface area contributed by atoms with E-state index in [-0.39, 0.29) is 12.5 Å². The summed E-state index contributed by atoms with van der Waals surface area (Å²) in [4.78, 5) is 7.71. The van der Waals surface area contributed by atoms with Crippen molar-refractivity contribution in [1.29, 1.82) is 0 Å². The lowest BCUT2D eigenvalue weighted by Gasteiger charge is -2.14. The molecule has 0 saturated heterocycles. The van der Waals surface area contributed by atoms with Crippen LogP contribution in [-0.4, -0.2) is 31.7 Å². The van der Waals surface area contributed by atoms with E-state index in [0.29, 0.717) is 5.69 Å². The zero-order valence-electron chi connectivity index (χ0n) is 8.32. The van der Waals surface area contributed by atoms with Gasteiger partial charge in [0.05, 0.1) is 18.5 Å². The summed E-state index contributed by atoms with van der Waals surface area (Å²) in [7, 11) is -2.02. The van der Waals surface area contributed by atoms with Crippen molar-refractivity contribution in [2.75, 3.05) is 17.6 Å². The Balaban J connectivity index is 3.05. The van der Waals surface area contributed by atoms with Gasteiger partial charge in [-0.05, 0) is 6.07 Å². The highest BCUT2D eigenvalue weighted by Crippen LogP contribution is 2.09. The molecule has 15 heavy (non-hydrogen) atoms. The van der Waals surface area contributed by atoms with Gasteiger partial charge < -0.3 is 10.6 Å². The summed E-state index contributed by atoms with van der Waals surface area (Å²) in [6, 6.07) is 1.54. The van der Waals surface area contributed by atoms with Gasteiger partial charge in [-0.2, -0.15) is 0 Å². The summed E-state index contributed by atoms with van der Waals surface area (Å²) in [6.07, 6.45) is 2.46. The van der Waals surface area contributed by atoms with E-state index in [1.54, 1.807) is 6.07 Å². The summed E-state index contributed by atoms with van der Waals surface area (Å²) in [6.45, 7) is 0.00707. The first-order chi connectivity index (χ1) is 6.95. The zero-order chi connectivity index (χ0) is 11.5. The second-order valence-corrected chi connectivity index (χ2v) is 4.89. The number of hydrogen-bond donors (Lipinski definition) is 0. The van der Waals surface area contributed by atoms with Crippen molar-refractivity contribution in [3.8, 4) is 0 Å². The third-order valence-electron chi connectivity index (χ3n) is 1.71. The smallest absolute Gasteiger partial charge is 0.239 e. The molecule has 0 saturated carbocycles. The van der Waals surface area contributed by atoms with Crippen LogP contribution >= 0.6 is 0 Å². The molecule has 0 aliphatic heterocycles. The van der Waals surface area contributed by atoms with Crippen molar-refractivity contribution < 1.29 is 8.42 Å². The molecule has 0 unspecified atom stereocenters. The minimum Gasteiger partial charge on any atom is -0.712 e. The van der Waals surface area contributed by atoms with Gasteiger partial charge in [-0.3, -0.25) is 0 Å². The van der Waals surface area contributed by atoms with Crippen LogP contribution in [0.15, 0.2) is 17.4 Å². The predicted octanol–water partition coefficient (Wildman–Crippen LogP) is 0.394. The summed E-state index contributed by atoms with van der Waals surface area (Å²) < 4.78 is 23.3. The second-order valence-electron chi connectivity index (χ2n) is 2.88. The Morgan fingerprint density at radius 2 is 2.27 bits per heavy atom. The van der Waals surface area contributed by atoms with E-state index in [1.165, 1.54) is 13.2 Å². The topological polar surface area (TPSA) is 97.8 Å². The van der Waals surface area contributed by atoms with E-state index < -0.39 is 10.0 Å². The Bertz CT molecular complexity index is 458. The number of anilines is 1. The van der Waals surface area contributed by atoms with Gasteiger partial charge in [0.1, 0.15) is 0 Å². The van der Waals surface area contributed by atoms with Gasteiger partial charge in [0.2, 0.25) is 16.0 Å². The fraction of sp³-hybridized carbons (Fsp3) is 0.429. The van der Waals surface area contributed by atoms with Crippen LogP contribution in [0.5, 0.6) is 0 Å². The highest BCUT2D eigenvalue weighted by molar-refractivity contribution is 7.92.